The van der Waals surface area contributed by atoms with Crippen LogP contribution >= 0.6 is 0 Å². The first-order chi connectivity index (χ1) is 9.44. The van der Waals surface area contributed by atoms with Crippen LogP contribution in [0.15, 0.2) is 36.5 Å². The lowest BCUT2D eigenvalue weighted by molar-refractivity contribution is 0.0534. The van der Waals surface area contributed by atoms with Gasteiger partial charge in [0.05, 0.1) is 0 Å². The van der Waals surface area contributed by atoms with Crippen LogP contribution in [-0.2, 0) is 4.74 Å². The molecule has 2 rings (SSSR count). The summed E-state index contributed by atoms with van der Waals surface area (Å²) in [5.74, 6) is 0. The number of benzene rings is 1. The normalized spacial score (nSPS) is 11.9. The molecule has 0 aliphatic carbocycles. The van der Waals surface area contributed by atoms with E-state index in [0.29, 0.717) is 6.54 Å². The number of aromatic amines is 1. The van der Waals surface area contributed by atoms with Crippen molar-refractivity contribution in [2.75, 3.05) is 6.54 Å². The molecule has 4 nitrogen and oxygen atoms in total. The Morgan fingerprint density at radius 2 is 2.15 bits per heavy atom. The summed E-state index contributed by atoms with van der Waals surface area (Å²) in [6.07, 6.45) is 5.40. The highest BCUT2D eigenvalue weighted by molar-refractivity contribution is 5.81. The van der Waals surface area contributed by atoms with Crippen LogP contribution in [0, 0.1) is 0 Å². The van der Waals surface area contributed by atoms with Crippen LogP contribution in [0.2, 0.25) is 0 Å². The summed E-state index contributed by atoms with van der Waals surface area (Å²) >= 11 is 0. The Balaban J connectivity index is 1.85. The van der Waals surface area contributed by atoms with E-state index in [2.05, 4.69) is 16.4 Å². The highest BCUT2D eigenvalue weighted by Gasteiger charge is 2.14. The van der Waals surface area contributed by atoms with Crippen molar-refractivity contribution in [2.24, 2.45) is 0 Å². The third-order valence-corrected chi connectivity index (χ3v) is 2.65. The fourth-order valence-corrected chi connectivity index (χ4v) is 1.83. The van der Waals surface area contributed by atoms with Crippen molar-refractivity contribution in [3.8, 4) is 0 Å². The van der Waals surface area contributed by atoms with Crippen molar-refractivity contribution in [2.45, 2.75) is 26.4 Å². The lowest BCUT2D eigenvalue weighted by atomic mass is 10.1. The highest BCUT2D eigenvalue weighted by atomic mass is 16.6. The van der Waals surface area contributed by atoms with E-state index in [-0.39, 0.29) is 0 Å². The smallest absolute Gasteiger partial charge is 0.407 e. The molecule has 2 aromatic rings. The minimum absolute atomic E-state index is 0.400. The molecule has 0 radical (unpaired) electrons. The van der Waals surface area contributed by atoms with Gasteiger partial charge in [-0.05, 0) is 49.9 Å². The van der Waals surface area contributed by atoms with E-state index in [4.69, 9.17) is 4.74 Å². The zero-order valence-corrected chi connectivity index (χ0v) is 12.1. The maximum absolute atomic E-state index is 11.4. The summed E-state index contributed by atoms with van der Waals surface area (Å²) < 4.78 is 5.15. The van der Waals surface area contributed by atoms with E-state index in [1.165, 1.54) is 5.39 Å². The van der Waals surface area contributed by atoms with Crippen molar-refractivity contribution < 1.29 is 9.53 Å². The monoisotopic (exact) mass is 272 g/mol. The van der Waals surface area contributed by atoms with Gasteiger partial charge in [-0.1, -0.05) is 18.2 Å². The number of amides is 1. The van der Waals surface area contributed by atoms with Gasteiger partial charge in [0.15, 0.2) is 0 Å². The van der Waals surface area contributed by atoms with Gasteiger partial charge in [-0.3, -0.25) is 0 Å². The number of fused-ring (bicyclic) bond motifs is 1. The van der Waals surface area contributed by atoms with E-state index in [1.54, 1.807) is 0 Å². The van der Waals surface area contributed by atoms with Crippen molar-refractivity contribution in [3.63, 3.8) is 0 Å². The molecule has 4 heteroatoms. The number of ether oxygens (including phenoxy) is 1. The molecule has 0 aliphatic rings. The number of nitrogens with one attached hydrogen (secondary N) is 2. The van der Waals surface area contributed by atoms with Crippen molar-refractivity contribution in [3.05, 3.63) is 42.1 Å². The second kappa shape index (κ2) is 5.82. The number of hydrogen-bond donors (Lipinski definition) is 2. The average molecular weight is 272 g/mol. The first-order valence-electron chi connectivity index (χ1n) is 6.64. The number of carbonyl (C=O) groups excluding carboxylic acids is 1. The molecular formula is C16H20N2O2. The molecule has 106 valence electrons. The summed E-state index contributed by atoms with van der Waals surface area (Å²) in [4.78, 5) is 14.6. The van der Waals surface area contributed by atoms with E-state index in [0.717, 1.165) is 11.1 Å². The molecule has 0 spiro atoms. The standard InChI is InChI=1S/C16H20N2O2/c1-16(2,3)20-15(19)18-9-4-5-12-6-7-14-13(11-12)8-10-17-14/h4-8,10-11,17H,9H2,1-3H3,(H,18,19). The van der Waals surface area contributed by atoms with Gasteiger partial charge in [-0.2, -0.15) is 0 Å². The van der Waals surface area contributed by atoms with E-state index in [9.17, 15) is 4.79 Å². The van der Waals surface area contributed by atoms with Gasteiger partial charge in [-0.25, -0.2) is 4.79 Å². The van der Waals surface area contributed by atoms with Gasteiger partial charge in [0.25, 0.3) is 0 Å². The number of alkyl carbamates (subject to hydrolysis) is 1. The SMILES string of the molecule is CC(C)(C)OC(=O)NCC=Cc1ccc2[nH]ccc2c1. The van der Waals surface area contributed by atoms with Crippen LogP contribution in [0.5, 0.6) is 0 Å². The predicted molar refractivity (Wildman–Crippen MR) is 81.6 cm³/mol. The molecule has 0 saturated heterocycles. The molecule has 0 unspecified atom stereocenters. The Morgan fingerprint density at radius 3 is 2.90 bits per heavy atom. The van der Waals surface area contributed by atoms with E-state index < -0.39 is 11.7 Å². The Hall–Kier alpha value is -2.23. The average Bonchev–Trinajstić information content (AvgIpc) is 2.79. The number of rotatable bonds is 3. The molecule has 0 aliphatic heterocycles. The van der Waals surface area contributed by atoms with Crippen molar-refractivity contribution in [1.82, 2.24) is 10.3 Å². The van der Waals surface area contributed by atoms with Crippen LogP contribution in [0.1, 0.15) is 26.3 Å². The third-order valence-electron chi connectivity index (χ3n) is 2.65. The fourth-order valence-electron chi connectivity index (χ4n) is 1.83. The number of aromatic nitrogens is 1. The van der Waals surface area contributed by atoms with Gasteiger partial charge in [0.2, 0.25) is 0 Å². The summed E-state index contributed by atoms with van der Waals surface area (Å²) in [5, 5.41) is 3.86. The van der Waals surface area contributed by atoms with Crippen molar-refractivity contribution >= 4 is 23.1 Å². The quantitative estimate of drug-likeness (QED) is 0.895. The topological polar surface area (TPSA) is 54.1 Å². The van der Waals surface area contributed by atoms with Crippen molar-refractivity contribution in [1.29, 1.82) is 0 Å². The van der Waals surface area contributed by atoms with Crippen LogP contribution in [0.4, 0.5) is 4.79 Å². The fraction of sp³-hybridized carbons (Fsp3) is 0.312. The maximum Gasteiger partial charge on any atom is 0.407 e. The molecule has 0 fully saturated rings. The summed E-state index contributed by atoms with van der Waals surface area (Å²) in [6, 6.07) is 8.19. The minimum atomic E-state index is -0.465. The number of hydrogen-bond acceptors (Lipinski definition) is 2. The first-order valence-corrected chi connectivity index (χ1v) is 6.64. The second-order valence-corrected chi connectivity index (χ2v) is 5.61. The molecule has 1 heterocycles. The molecule has 1 aromatic carbocycles. The molecular weight excluding hydrogens is 252 g/mol. The third kappa shape index (κ3) is 4.16. The zero-order valence-electron chi connectivity index (χ0n) is 12.1. The Labute approximate surface area is 118 Å². The summed E-state index contributed by atoms with van der Waals surface area (Å²) in [7, 11) is 0. The minimum Gasteiger partial charge on any atom is -0.444 e. The lowest BCUT2D eigenvalue weighted by Crippen LogP contribution is -2.32. The molecule has 20 heavy (non-hydrogen) atoms. The largest absolute Gasteiger partial charge is 0.444 e. The maximum atomic E-state index is 11.4. The Kier molecular flexibility index (Phi) is 4.13. The van der Waals surface area contributed by atoms with Gasteiger partial charge in [-0.15, -0.1) is 0 Å². The van der Waals surface area contributed by atoms with Gasteiger partial charge < -0.3 is 15.0 Å². The first kappa shape index (κ1) is 14.2. The molecule has 0 bridgehead atoms. The molecule has 2 N–H and O–H groups in total. The second-order valence-electron chi connectivity index (χ2n) is 5.61. The zero-order chi connectivity index (χ0) is 14.6. The van der Waals surface area contributed by atoms with Gasteiger partial charge in [0, 0.05) is 18.3 Å². The number of H-pyrrole nitrogens is 1. The summed E-state index contributed by atoms with van der Waals surface area (Å²) in [5.41, 5.74) is 1.75. The van der Waals surface area contributed by atoms with Crippen LogP contribution in [0.3, 0.4) is 0 Å². The number of carbonyl (C=O) groups is 1. The molecule has 1 aromatic heterocycles. The van der Waals surface area contributed by atoms with Crippen LogP contribution < -0.4 is 5.32 Å². The molecule has 0 atom stereocenters. The lowest BCUT2D eigenvalue weighted by Gasteiger charge is -2.19. The van der Waals surface area contributed by atoms with E-state index in [1.807, 2.05) is 57.3 Å². The highest BCUT2D eigenvalue weighted by Crippen LogP contribution is 2.15. The molecule has 1 amide bonds. The Bertz CT molecular complexity index is 621. The van der Waals surface area contributed by atoms with Crippen LogP contribution in [0.25, 0.3) is 17.0 Å². The summed E-state index contributed by atoms with van der Waals surface area (Å²) in [6.45, 7) is 5.97. The van der Waals surface area contributed by atoms with Crippen LogP contribution in [-0.4, -0.2) is 23.2 Å². The van der Waals surface area contributed by atoms with Gasteiger partial charge >= 0.3 is 6.09 Å². The van der Waals surface area contributed by atoms with Gasteiger partial charge in [0.1, 0.15) is 5.60 Å². The predicted octanol–water partition coefficient (Wildman–Crippen LogP) is 3.71. The van der Waals surface area contributed by atoms with E-state index >= 15 is 0 Å². The molecule has 0 saturated carbocycles. The Morgan fingerprint density at radius 1 is 1.35 bits per heavy atom.